The summed E-state index contributed by atoms with van der Waals surface area (Å²) in [6.07, 6.45) is -0.326. The van der Waals surface area contributed by atoms with E-state index in [1.807, 2.05) is 0 Å². The van der Waals surface area contributed by atoms with Crippen molar-refractivity contribution in [2.24, 2.45) is 0 Å². The highest BCUT2D eigenvalue weighted by molar-refractivity contribution is 6.08. The van der Waals surface area contributed by atoms with Crippen LogP contribution in [0, 0.1) is 5.82 Å². The number of hydrogen-bond donors (Lipinski definition) is 0. The third kappa shape index (κ3) is 2.93. The molecule has 0 aliphatic heterocycles. The molecule has 0 N–H and O–H groups in total. The summed E-state index contributed by atoms with van der Waals surface area (Å²) in [4.78, 5) is 25.3. The van der Waals surface area contributed by atoms with Gasteiger partial charge in [-0.3, -0.25) is 9.36 Å². The molecule has 1 heterocycles. The molecule has 0 aliphatic carbocycles. The van der Waals surface area contributed by atoms with Gasteiger partial charge in [0.05, 0.1) is 11.6 Å². The van der Waals surface area contributed by atoms with Crippen molar-refractivity contribution in [3.05, 3.63) is 71.7 Å². The summed E-state index contributed by atoms with van der Waals surface area (Å²) >= 11 is 0. The van der Waals surface area contributed by atoms with Gasteiger partial charge in [0.2, 0.25) is 0 Å². The molecule has 2 aromatic carbocycles. The van der Waals surface area contributed by atoms with E-state index in [1.165, 1.54) is 28.8 Å². The Balaban J connectivity index is 2.20. The summed E-state index contributed by atoms with van der Waals surface area (Å²) in [5.74, 6) is -1.42. The second kappa shape index (κ2) is 6.28. The first-order valence-corrected chi connectivity index (χ1v) is 7.59. The van der Waals surface area contributed by atoms with E-state index in [0.29, 0.717) is 16.5 Å². The zero-order valence-electron chi connectivity index (χ0n) is 13.3. The zero-order chi connectivity index (χ0) is 17.3. The Hall–Kier alpha value is -2.95. The highest BCUT2D eigenvalue weighted by atomic mass is 19.1. The van der Waals surface area contributed by atoms with Gasteiger partial charge in [0, 0.05) is 10.9 Å². The van der Waals surface area contributed by atoms with Gasteiger partial charge in [0.15, 0.2) is 0 Å². The maximum Gasteiger partial charge on any atom is 0.355 e. The van der Waals surface area contributed by atoms with Crippen molar-refractivity contribution in [3.63, 3.8) is 0 Å². The lowest BCUT2D eigenvalue weighted by Gasteiger charge is -2.11. The summed E-state index contributed by atoms with van der Waals surface area (Å²) in [5.41, 5.74) is 0.969. The number of rotatable bonds is 3. The van der Waals surface area contributed by atoms with Crippen LogP contribution in [0.25, 0.3) is 10.9 Å². The van der Waals surface area contributed by atoms with Crippen molar-refractivity contribution < 1.29 is 18.7 Å². The summed E-state index contributed by atoms with van der Waals surface area (Å²) in [6.45, 7) is 3.45. The summed E-state index contributed by atoms with van der Waals surface area (Å²) in [6, 6.07) is 14.1. The Labute approximate surface area is 138 Å². The number of carbonyl (C=O) groups is 2. The number of hydrogen-bond acceptors (Lipinski definition) is 3. The minimum atomic E-state index is -0.620. The number of aromatic nitrogens is 1. The second-order valence-corrected chi connectivity index (χ2v) is 5.69. The van der Waals surface area contributed by atoms with E-state index >= 15 is 0 Å². The van der Waals surface area contributed by atoms with Crippen molar-refractivity contribution in [1.82, 2.24) is 4.57 Å². The van der Waals surface area contributed by atoms with Crippen LogP contribution in [0.3, 0.4) is 0 Å². The average Bonchev–Trinajstić information content (AvgIpc) is 2.93. The number of carbonyl (C=O) groups excluding carboxylic acids is 2. The lowest BCUT2D eigenvalue weighted by atomic mass is 10.2. The van der Waals surface area contributed by atoms with Gasteiger partial charge in [0.1, 0.15) is 11.5 Å². The molecule has 3 aromatic rings. The van der Waals surface area contributed by atoms with E-state index < -0.39 is 11.8 Å². The molecular formula is C19H16FNO3. The van der Waals surface area contributed by atoms with Crippen molar-refractivity contribution in [2.45, 2.75) is 20.0 Å². The summed E-state index contributed by atoms with van der Waals surface area (Å²) < 4.78 is 20.0. The molecule has 0 fully saturated rings. The lowest BCUT2D eigenvalue weighted by molar-refractivity contribution is 0.0364. The van der Waals surface area contributed by atoms with Crippen LogP contribution in [0.15, 0.2) is 54.6 Å². The van der Waals surface area contributed by atoms with Gasteiger partial charge >= 0.3 is 5.97 Å². The maximum absolute atomic E-state index is 13.5. The molecule has 0 radical (unpaired) electrons. The molecule has 122 valence electrons. The Kier molecular flexibility index (Phi) is 4.16. The van der Waals surface area contributed by atoms with Gasteiger partial charge in [0.25, 0.3) is 5.91 Å². The minimum absolute atomic E-state index is 0.0816. The van der Waals surface area contributed by atoms with Crippen molar-refractivity contribution >= 4 is 22.8 Å². The molecular weight excluding hydrogens is 309 g/mol. The SMILES string of the molecule is CC(C)OC(=O)c1cc2cc(F)ccc2n1C(=O)c1ccccc1. The Morgan fingerprint density at radius 3 is 2.42 bits per heavy atom. The summed E-state index contributed by atoms with van der Waals surface area (Å²) in [5, 5.41) is 0.468. The van der Waals surface area contributed by atoms with E-state index in [1.54, 1.807) is 44.2 Å². The largest absolute Gasteiger partial charge is 0.458 e. The molecule has 0 saturated heterocycles. The quantitative estimate of drug-likeness (QED) is 0.683. The molecule has 0 aliphatic rings. The molecule has 0 unspecified atom stereocenters. The van der Waals surface area contributed by atoms with E-state index in [2.05, 4.69) is 0 Å². The fourth-order valence-electron chi connectivity index (χ4n) is 2.54. The van der Waals surface area contributed by atoms with Crippen LogP contribution < -0.4 is 0 Å². The van der Waals surface area contributed by atoms with Gasteiger partial charge < -0.3 is 4.74 Å². The molecule has 0 bridgehead atoms. The predicted octanol–water partition coefficient (Wildman–Crippen LogP) is 4.03. The van der Waals surface area contributed by atoms with E-state index in [0.717, 1.165) is 0 Å². The zero-order valence-corrected chi connectivity index (χ0v) is 13.3. The lowest BCUT2D eigenvalue weighted by Crippen LogP contribution is -2.21. The normalized spacial score (nSPS) is 11.0. The molecule has 0 amide bonds. The van der Waals surface area contributed by atoms with Crippen LogP contribution in [0.2, 0.25) is 0 Å². The van der Waals surface area contributed by atoms with Crippen molar-refractivity contribution in [2.75, 3.05) is 0 Å². The molecule has 24 heavy (non-hydrogen) atoms. The monoisotopic (exact) mass is 325 g/mol. The van der Waals surface area contributed by atoms with Gasteiger partial charge in [-0.15, -0.1) is 0 Å². The molecule has 4 nitrogen and oxygen atoms in total. The molecule has 3 rings (SSSR count). The van der Waals surface area contributed by atoms with Gasteiger partial charge in [-0.25, -0.2) is 9.18 Å². The van der Waals surface area contributed by atoms with Crippen LogP contribution in [-0.4, -0.2) is 22.5 Å². The Bertz CT molecular complexity index is 913. The average molecular weight is 325 g/mol. The minimum Gasteiger partial charge on any atom is -0.458 e. The third-order valence-corrected chi connectivity index (χ3v) is 3.54. The van der Waals surface area contributed by atoms with Crippen LogP contribution >= 0.6 is 0 Å². The van der Waals surface area contributed by atoms with E-state index in [-0.39, 0.29) is 17.7 Å². The van der Waals surface area contributed by atoms with Crippen LogP contribution in [0.4, 0.5) is 4.39 Å². The van der Waals surface area contributed by atoms with Gasteiger partial charge in [-0.1, -0.05) is 18.2 Å². The van der Waals surface area contributed by atoms with E-state index in [9.17, 15) is 14.0 Å². The highest BCUT2D eigenvalue weighted by Gasteiger charge is 2.23. The Morgan fingerprint density at radius 2 is 1.75 bits per heavy atom. The number of esters is 1. The number of nitrogens with zero attached hydrogens (tertiary/aromatic N) is 1. The number of fused-ring (bicyclic) bond motifs is 1. The number of benzene rings is 2. The standard InChI is InChI=1S/C19H16FNO3/c1-12(2)24-19(23)17-11-14-10-15(20)8-9-16(14)21(17)18(22)13-6-4-3-5-7-13/h3-12H,1-2H3. The van der Waals surface area contributed by atoms with Gasteiger partial charge in [-0.2, -0.15) is 0 Å². The van der Waals surface area contributed by atoms with E-state index in [4.69, 9.17) is 4.74 Å². The fraction of sp³-hybridized carbons (Fsp3) is 0.158. The van der Waals surface area contributed by atoms with Crippen molar-refractivity contribution in [3.8, 4) is 0 Å². The van der Waals surface area contributed by atoms with Crippen molar-refractivity contribution in [1.29, 1.82) is 0 Å². The molecule has 5 heteroatoms. The smallest absolute Gasteiger partial charge is 0.355 e. The fourth-order valence-corrected chi connectivity index (χ4v) is 2.54. The Morgan fingerprint density at radius 1 is 1.04 bits per heavy atom. The predicted molar refractivity (Wildman–Crippen MR) is 88.6 cm³/mol. The van der Waals surface area contributed by atoms with Gasteiger partial charge in [-0.05, 0) is 50.2 Å². The van der Waals surface area contributed by atoms with Crippen LogP contribution in [-0.2, 0) is 4.74 Å². The first-order valence-electron chi connectivity index (χ1n) is 7.59. The number of ether oxygens (including phenoxy) is 1. The maximum atomic E-state index is 13.5. The first-order chi connectivity index (χ1) is 11.5. The highest BCUT2D eigenvalue weighted by Crippen LogP contribution is 2.23. The molecule has 1 aromatic heterocycles. The molecule has 0 saturated carbocycles. The van der Waals surface area contributed by atoms with Crippen LogP contribution in [0.5, 0.6) is 0 Å². The molecule has 0 atom stereocenters. The summed E-state index contributed by atoms with van der Waals surface area (Å²) in [7, 11) is 0. The van der Waals surface area contributed by atoms with Crippen LogP contribution in [0.1, 0.15) is 34.7 Å². The first kappa shape index (κ1) is 15.9. The second-order valence-electron chi connectivity index (χ2n) is 5.69. The molecule has 0 spiro atoms. The third-order valence-electron chi connectivity index (χ3n) is 3.54. The number of halogens is 1. The topological polar surface area (TPSA) is 48.3 Å².